The molecular weight excluding hydrogens is 414 g/mol. The highest BCUT2D eigenvalue weighted by atomic mass is 19.3. The fraction of sp³-hybridized carbons (Fsp3) is 0.273. The Morgan fingerprint density at radius 2 is 1.97 bits per heavy atom. The predicted octanol–water partition coefficient (Wildman–Crippen LogP) is 4.42. The van der Waals surface area contributed by atoms with Crippen LogP contribution < -0.4 is 10.5 Å². The molecule has 1 aromatic carbocycles. The van der Waals surface area contributed by atoms with Crippen molar-refractivity contribution in [2.24, 2.45) is 10.7 Å². The van der Waals surface area contributed by atoms with Gasteiger partial charge in [0.15, 0.2) is 0 Å². The van der Waals surface area contributed by atoms with Gasteiger partial charge in [0, 0.05) is 6.20 Å². The highest BCUT2D eigenvalue weighted by Gasteiger charge is 2.56. The van der Waals surface area contributed by atoms with Crippen LogP contribution in [0, 0.1) is 12.7 Å². The summed E-state index contributed by atoms with van der Waals surface area (Å²) in [6.07, 6.45) is 6.92. The predicted molar refractivity (Wildman–Crippen MR) is 106 cm³/mol. The molecule has 0 saturated carbocycles. The molecule has 0 saturated heterocycles. The number of ether oxygens (including phenoxy) is 2. The van der Waals surface area contributed by atoms with E-state index in [-0.39, 0.29) is 24.8 Å². The number of benzene rings is 1. The van der Waals surface area contributed by atoms with Gasteiger partial charge in [-0.2, -0.15) is 8.78 Å². The lowest BCUT2D eigenvalue weighted by molar-refractivity contribution is -0.0503. The maximum Gasteiger partial charge on any atom is 0.387 e. The van der Waals surface area contributed by atoms with Crippen LogP contribution in [0.15, 0.2) is 65.7 Å². The Morgan fingerprint density at radius 3 is 2.55 bits per heavy atom. The molecule has 2 atom stereocenters. The fourth-order valence-corrected chi connectivity index (χ4v) is 4.23. The minimum atomic E-state index is -2.97. The summed E-state index contributed by atoms with van der Waals surface area (Å²) in [6, 6.07) is 5.84. The van der Waals surface area contributed by atoms with Crippen LogP contribution in [0.25, 0.3) is 0 Å². The molecule has 0 amide bonds. The van der Waals surface area contributed by atoms with Crippen LogP contribution in [0.1, 0.15) is 23.1 Å². The molecule has 1 aliphatic carbocycles. The molecule has 2 heterocycles. The first-order chi connectivity index (χ1) is 14.8. The maximum absolute atomic E-state index is 14.1. The highest BCUT2D eigenvalue weighted by Crippen LogP contribution is 2.53. The van der Waals surface area contributed by atoms with Crippen molar-refractivity contribution in [3.8, 4) is 5.75 Å². The number of pyridine rings is 1. The molecule has 9 heteroatoms. The number of nitrogens with two attached hydrogens (primary N) is 1. The number of aliphatic imine (C=N–C) groups is 1. The first kappa shape index (κ1) is 20.9. The SMILES string of the molecule is Cc1cc(C2(C3(c4cncc(F)c4)C=CC(F)=CC3)COC(N)=N2)ccc1OC(F)F. The van der Waals surface area contributed by atoms with Gasteiger partial charge in [0.25, 0.3) is 6.02 Å². The van der Waals surface area contributed by atoms with E-state index in [4.69, 9.17) is 10.5 Å². The number of aryl methyl sites for hydroxylation is 1. The first-order valence-corrected chi connectivity index (χ1v) is 9.46. The standard InChI is InChI=1S/C22H19F4N3O2/c1-13-8-14(2-3-18(13)31-19(25)26)22(12-30-20(27)29-22)21(6-4-16(23)5-7-21)15-9-17(24)11-28-10-15/h2-6,8-11,19H,7,12H2,1H3,(H2,27,29). The third-order valence-corrected chi connectivity index (χ3v) is 5.70. The highest BCUT2D eigenvalue weighted by molar-refractivity contribution is 5.75. The van der Waals surface area contributed by atoms with Gasteiger partial charge in [-0.1, -0.05) is 12.1 Å². The number of halogens is 4. The number of amidine groups is 1. The zero-order chi connectivity index (χ0) is 22.2. The van der Waals surface area contributed by atoms with Crippen molar-refractivity contribution in [2.75, 3.05) is 6.61 Å². The maximum atomic E-state index is 14.1. The van der Waals surface area contributed by atoms with E-state index in [1.807, 2.05) is 0 Å². The van der Waals surface area contributed by atoms with E-state index in [9.17, 15) is 17.6 Å². The van der Waals surface area contributed by atoms with E-state index in [1.165, 1.54) is 30.5 Å². The monoisotopic (exact) mass is 433 g/mol. The second-order valence-electron chi connectivity index (χ2n) is 7.45. The van der Waals surface area contributed by atoms with Crippen LogP contribution in [-0.4, -0.2) is 24.2 Å². The van der Waals surface area contributed by atoms with E-state index in [1.54, 1.807) is 25.1 Å². The molecule has 0 spiro atoms. The second kappa shape index (κ2) is 7.72. The van der Waals surface area contributed by atoms with Crippen molar-refractivity contribution in [3.63, 3.8) is 0 Å². The Morgan fingerprint density at radius 1 is 1.16 bits per heavy atom. The van der Waals surface area contributed by atoms with E-state index < -0.39 is 29.2 Å². The van der Waals surface area contributed by atoms with E-state index >= 15 is 0 Å². The van der Waals surface area contributed by atoms with Gasteiger partial charge >= 0.3 is 6.61 Å². The summed E-state index contributed by atoms with van der Waals surface area (Å²) in [5.74, 6) is -0.998. The largest absolute Gasteiger partial charge is 0.462 e. The van der Waals surface area contributed by atoms with Crippen LogP contribution in [0.5, 0.6) is 5.75 Å². The topological polar surface area (TPSA) is 69.7 Å². The summed E-state index contributed by atoms with van der Waals surface area (Å²) in [4.78, 5) is 8.53. The Balaban J connectivity index is 1.94. The molecule has 0 radical (unpaired) electrons. The lowest BCUT2D eigenvalue weighted by Gasteiger charge is -2.45. The van der Waals surface area contributed by atoms with Crippen molar-refractivity contribution in [1.82, 2.24) is 4.98 Å². The summed E-state index contributed by atoms with van der Waals surface area (Å²) in [7, 11) is 0. The molecule has 1 aromatic heterocycles. The van der Waals surface area contributed by atoms with E-state index in [0.717, 1.165) is 6.20 Å². The molecule has 162 valence electrons. The van der Waals surface area contributed by atoms with Crippen LogP contribution in [-0.2, 0) is 15.7 Å². The second-order valence-corrected chi connectivity index (χ2v) is 7.45. The molecule has 2 aliphatic rings. The summed E-state index contributed by atoms with van der Waals surface area (Å²) in [5.41, 5.74) is 5.00. The molecule has 31 heavy (non-hydrogen) atoms. The lowest BCUT2D eigenvalue weighted by Crippen LogP contribution is -2.48. The first-order valence-electron chi connectivity index (χ1n) is 9.46. The molecule has 2 N–H and O–H groups in total. The van der Waals surface area contributed by atoms with Crippen LogP contribution in [0.4, 0.5) is 17.6 Å². The van der Waals surface area contributed by atoms with Crippen molar-refractivity contribution in [3.05, 3.63) is 83.2 Å². The number of allylic oxidation sites excluding steroid dienone is 3. The number of nitrogens with zero attached hydrogens (tertiary/aromatic N) is 2. The third-order valence-electron chi connectivity index (χ3n) is 5.70. The fourth-order valence-electron chi connectivity index (χ4n) is 4.23. The number of alkyl halides is 2. The van der Waals surface area contributed by atoms with Crippen LogP contribution >= 0.6 is 0 Å². The lowest BCUT2D eigenvalue weighted by atomic mass is 9.60. The van der Waals surface area contributed by atoms with Gasteiger partial charge in [0.2, 0.25) is 0 Å². The van der Waals surface area contributed by atoms with Gasteiger partial charge in [-0.05, 0) is 60.4 Å². The summed E-state index contributed by atoms with van der Waals surface area (Å²) >= 11 is 0. The van der Waals surface area contributed by atoms with E-state index in [0.29, 0.717) is 16.7 Å². The normalized spacial score (nSPS) is 25.2. The van der Waals surface area contributed by atoms with Gasteiger partial charge in [0.05, 0.1) is 11.6 Å². The zero-order valence-corrected chi connectivity index (χ0v) is 16.5. The number of aromatic nitrogens is 1. The van der Waals surface area contributed by atoms with Crippen molar-refractivity contribution in [2.45, 2.75) is 30.9 Å². The molecular formula is C22H19F4N3O2. The van der Waals surface area contributed by atoms with Crippen LogP contribution in [0.2, 0.25) is 0 Å². The Labute approximate surface area is 175 Å². The smallest absolute Gasteiger partial charge is 0.387 e. The Hall–Kier alpha value is -3.36. The zero-order valence-electron chi connectivity index (χ0n) is 16.5. The van der Waals surface area contributed by atoms with Crippen molar-refractivity contribution < 1.29 is 27.0 Å². The third kappa shape index (κ3) is 3.54. The Bertz CT molecular complexity index is 1100. The minimum Gasteiger partial charge on any atom is -0.462 e. The average Bonchev–Trinajstić information content (AvgIpc) is 3.13. The van der Waals surface area contributed by atoms with Gasteiger partial charge in [0.1, 0.15) is 29.5 Å². The minimum absolute atomic E-state index is 0.0105. The van der Waals surface area contributed by atoms with Crippen molar-refractivity contribution in [1.29, 1.82) is 0 Å². The molecule has 4 rings (SSSR count). The molecule has 2 unspecified atom stereocenters. The molecule has 0 bridgehead atoms. The Kier molecular flexibility index (Phi) is 5.20. The molecule has 0 fully saturated rings. The quantitative estimate of drug-likeness (QED) is 0.709. The number of rotatable bonds is 5. The average molecular weight is 433 g/mol. The van der Waals surface area contributed by atoms with Gasteiger partial charge in [-0.15, -0.1) is 0 Å². The van der Waals surface area contributed by atoms with Gasteiger partial charge in [-0.3, -0.25) is 4.98 Å². The summed E-state index contributed by atoms with van der Waals surface area (Å²) in [5, 5.41) is 0. The molecule has 2 aromatic rings. The van der Waals surface area contributed by atoms with Crippen molar-refractivity contribution >= 4 is 6.02 Å². The number of hydrogen-bond acceptors (Lipinski definition) is 5. The summed E-state index contributed by atoms with van der Waals surface area (Å²) < 4.78 is 63.6. The van der Waals surface area contributed by atoms with Gasteiger partial charge < -0.3 is 15.2 Å². The number of hydrogen-bond donors (Lipinski definition) is 1. The van der Waals surface area contributed by atoms with E-state index in [2.05, 4.69) is 14.7 Å². The summed E-state index contributed by atoms with van der Waals surface area (Å²) in [6.45, 7) is -1.38. The molecule has 5 nitrogen and oxygen atoms in total. The van der Waals surface area contributed by atoms with Gasteiger partial charge in [-0.25, -0.2) is 13.8 Å². The van der Waals surface area contributed by atoms with Crippen LogP contribution in [0.3, 0.4) is 0 Å². The molecule has 1 aliphatic heterocycles.